The molecular weight excluding hydrogens is 280 g/mol. The van der Waals surface area contributed by atoms with Gasteiger partial charge in [-0.25, -0.2) is 4.79 Å². The second kappa shape index (κ2) is 6.85. The molecule has 0 aromatic heterocycles. The quantitative estimate of drug-likeness (QED) is 0.907. The fraction of sp³-hybridized carbons (Fsp3) is 0.235. The molecule has 2 N–H and O–H groups in total. The van der Waals surface area contributed by atoms with E-state index in [9.17, 15) is 15.0 Å². The van der Waals surface area contributed by atoms with Crippen LogP contribution in [0.15, 0.2) is 48.5 Å². The zero-order chi connectivity index (χ0) is 16.1. The van der Waals surface area contributed by atoms with Crippen LogP contribution in [0, 0.1) is 0 Å². The largest absolute Gasteiger partial charge is 0.508 e. The molecule has 0 fully saturated rings. The van der Waals surface area contributed by atoms with Gasteiger partial charge in [0, 0.05) is 24.5 Å². The summed E-state index contributed by atoms with van der Waals surface area (Å²) in [7, 11) is 0. The summed E-state index contributed by atoms with van der Waals surface area (Å²) in [6.07, 6.45) is 0. The van der Waals surface area contributed by atoms with Crippen molar-refractivity contribution in [3.8, 4) is 11.5 Å². The van der Waals surface area contributed by atoms with Crippen molar-refractivity contribution in [2.75, 3.05) is 22.9 Å². The van der Waals surface area contributed by atoms with E-state index in [4.69, 9.17) is 0 Å². The van der Waals surface area contributed by atoms with Gasteiger partial charge in [0.15, 0.2) is 0 Å². The van der Waals surface area contributed by atoms with Crippen molar-refractivity contribution in [2.24, 2.45) is 0 Å². The van der Waals surface area contributed by atoms with Crippen molar-refractivity contribution < 1.29 is 15.0 Å². The number of phenolic OH excluding ortho intramolecular Hbond substituents is 2. The minimum atomic E-state index is -0.152. The van der Waals surface area contributed by atoms with E-state index in [-0.39, 0.29) is 17.5 Å². The number of amides is 2. The van der Waals surface area contributed by atoms with Gasteiger partial charge >= 0.3 is 6.03 Å². The monoisotopic (exact) mass is 300 g/mol. The Morgan fingerprint density at radius 2 is 1.09 bits per heavy atom. The molecule has 0 spiro atoms. The average molecular weight is 300 g/mol. The highest BCUT2D eigenvalue weighted by atomic mass is 16.3. The zero-order valence-electron chi connectivity index (χ0n) is 12.7. The van der Waals surface area contributed by atoms with E-state index in [2.05, 4.69) is 0 Å². The van der Waals surface area contributed by atoms with Gasteiger partial charge in [0.05, 0.1) is 0 Å². The van der Waals surface area contributed by atoms with Crippen LogP contribution in [0.3, 0.4) is 0 Å². The molecule has 2 aromatic carbocycles. The second-order valence-corrected chi connectivity index (χ2v) is 4.80. The Morgan fingerprint density at radius 3 is 1.36 bits per heavy atom. The molecule has 0 heterocycles. The molecular formula is C17H20N2O3. The molecule has 0 unspecified atom stereocenters. The van der Waals surface area contributed by atoms with Crippen LogP contribution in [-0.4, -0.2) is 29.3 Å². The Labute approximate surface area is 130 Å². The first-order valence-electron chi connectivity index (χ1n) is 7.24. The third-order valence-corrected chi connectivity index (χ3v) is 3.42. The lowest BCUT2D eigenvalue weighted by atomic mass is 10.2. The van der Waals surface area contributed by atoms with Crippen LogP contribution in [0.4, 0.5) is 16.2 Å². The summed E-state index contributed by atoms with van der Waals surface area (Å²) >= 11 is 0. The number of anilines is 2. The third kappa shape index (κ3) is 3.31. The average Bonchev–Trinajstić information content (AvgIpc) is 2.52. The molecule has 22 heavy (non-hydrogen) atoms. The first kappa shape index (κ1) is 15.7. The van der Waals surface area contributed by atoms with Crippen molar-refractivity contribution in [3.63, 3.8) is 0 Å². The van der Waals surface area contributed by atoms with Crippen LogP contribution in [0.2, 0.25) is 0 Å². The van der Waals surface area contributed by atoms with Gasteiger partial charge in [0.2, 0.25) is 0 Å². The summed E-state index contributed by atoms with van der Waals surface area (Å²) < 4.78 is 0. The number of phenols is 2. The van der Waals surface area contributed by atoms with E-state index in [1.165, 1.54) is 0 Å². The number of hydrogen-bond donors (Lipinski definition) is 2. The molecule has 2 aromatic rings. The molecule has 5 heteroatoms. The summed E-state index contributed by atoms with van der Waals surface area (Å²) in [5, 5.41) is 18.7. The fourth-order valence-electron chi connectivity index (χ4n) is 2.27. The summed E-state index contributed by atoms with van der Waals surface area (Å²) in [5.74, 6) is 0.330. The van der Waals surface area contributed by atoms with Crippen LogP contribution in [-0.2, 0) is 0 Å². The number of hydrogen-bond acceptors (Lipinski definition) is 3. The van der Waals surface area contributed by atoms with E-state index >= 15 is 0 Å². The normalized spacial score (nSPS) is 10.3. The number of rotatable bonds is 4. The minimum absolute atomic E-state index is 0.152. The van der Waals surface area contributed by atoms with Gasteiger partial charge in [-0.3, -0.25) is 9.80 Å². The highest BCUT2D eigenvalue weighted by Crippen LogP contribution is 2.23. The van der Waals surface area contributed by atoms with Gasteiger partial charge in [-0.2, -0.15) is 0 Å². The smallest absolute Gasteiger partial charge is 0.328 e. The zero-order valence-corrected chi connectivity index (χ0v) is 12.7. The van der Waals surface area contributed by atoms with E-state index in [0.29, 0.717) is 13.1 Å². The van der Waals surface area contributed by atoms with Crippen molar-refractivity contribution in [1.29, 1.82) is 0 Å². The number of carbonyl (C=O) groups excluding carboxylic acids is 1. The lowest BCUT2D eigenvalue weighted by molar-refractivity contribution is 0.252. The summed E-state index contributed by atoms with van der Waals surface area (Å²) in [4.78, 5) is 16.1. The van der Waals surface area contributed by atoms with Crippen molar-refractivity contribution >= 4 is 17.4 Å². The van der Waals surface area contributed by atoms with Gasteiger partial charge in [-0.15, -0.1) is 0 Å². The molecule has 0 bridgehead atoms. The lowest BCUT2D eigenvalue weighted by Crippen LogP contribution is -2.43. The van der Waals surface area contributed by atoms with Gasteiger partial charge in [-0.1, -0.05) is 0 Å². The Morgan fingerprint density at radius 1 is 0.773 bits per heavy atom. The van der Waals surface area contributed by atoms with Crippen molar-refractivity contribution in [1.82, 2.24) is 0 Å². The number of benzene rings is 2. The Balaban J connectivity index is 2.29. The highest BCUT2D eigenvalue weighted by Gasteiger charge is 2.21. The minimum Gasteiger partial charge on any atom is -0.508 e. The molecule has 5 nitrogen and oxygen atoms in total. The number of carbonyl (C=O) groups is 1. The van der Waals surface area contributed by atoms with Crippen LogP contribution in [0.5, 0.6) is 11.5 Å². The van der Waals surface area contributed by atoms with Crippen molar-refractivity contribution in [3.05, 3.63) is 48.5 Å². The SMILES string of the molecule is CCN(C(=O)N(CC)c1ccc(O)cc1)c1ccc(O)cc1. The van der Waals surface area contributed by atoms with Gasteiger partial charge in [-0.05, 0) is 62.4 Å². The van der Waals surface area contributed by atoms with E-state index in [1.807, 2.05) is 13.8 Å². The molecule has 2 rings (SSSR count). The van der Waals surface area contributed by atoms with Crippen LogP contribution in [0.1, 0.15) is 13.8 Å². The molecule has 0 saturated heterocycles. The van der Waals surface area contributed by atoms with Crippen LogP contribution in [0.25, 0.3) is 0 Å². The molecule has 2 amide bonds. The Hall–Kier alpha value is -2.69. The first-order valence-corrected chi connectivity index (χ1v) is 7.24. The molecule has 0 aliphatic carbocycles. The summed E-state index contributed by atoms with van der Waals surface area (Å²) in [6, 6.07) is 12.9. The number of aromatic hydroxyl groups is 2. The van der Waals surface area contributed by atoms with E-state index < -0.39 is 0 Å². The van der Waals surface area contributed by atoms with Crippen LogP contribution < -0.4 is 9.80 Å². The summed E-state index contributed by atoms with van der Waals surface area (Å²) in [6.45, 7) is 4.82. The Kier molecular flexibility index (Phi) is 4.88. The van der Waals surface area contributed by atoms with Gasteiger partial charge in [0.1, 0.15) is 11.5 Å². The molecule has 0 aliphatic rings. The highest BCUT2D eigenvalue weighted by molar-refractivity contribution is 6.03. The maximum atomic E-state index is 12.8. The predicted octanol–water partition coefficient (Wildman–Crippen LogP) is 3.57. The maximum absolute atomic E-state index is 12.8. The Bertz CT molecular complexity index is 568. The standard InChI is InChI=1S/C17H20N2O3/c1-3-18(13-5-9-15(20)10-6-13)17(22)19(4-2)14-7-11-16(21)12-8-14/h5-12,20-21H,3-4H2,1-2H3. The molecule has 0 aliphatic heterocycles. The topological polar surface area (TPSA) is 64.0 Å². The van der Waals surface area contributed by atoms with Gasteiger partial charge in [0.25, 0.3) is 0 Å². The lowest BCUT2D eigenvalue weighted by Gasteiger charge is -2.29. The van der Waals surface area contributed by atoms with Crippen LogP contribution >= 0.6 is 0 Å². The van der Waals surface area contributed by atoms with E-state index in [1.54, 1.807) is 58.3 Å². The predicted molar refractivity (Wildman–Crippen MR) is 87.6 cm³/mol. The number of nitrogens with zero attached hydrogens (tertiary/aromatic N) is 2. The molecule has 0 atom stereocenters. The first-order chi connectivity index (χ1) is 10.6. The fourth-order valence-corrected chi connectivity index (χ4v) is 2.27. The molecule has 116 valence electrons. The van der Waals surface area contributed by atoms with Gasteiger partial charge < -0.3 is 10.2 Å². The third-order valence-electron chi connectivity index (χ3n) is 3.42. The summed E-state index contributed by atoms with van der Waals surface area (Å²) in [5.41, 5.74) is 1.45. The van der Waals surface area contributed by atoms with Crippen molar-refractivity contribution in [2.45, 2.75) is 13.8 Å². The number of urea groups is 1. The van der Waals surface area contributed by atoms with E-state index in [0.717, 1.165) is 11.4 Å². The maximum Gasteiger partial charge on any atom is 0.328 e. The second-order valence-electron chi connectivity index (χ2n) is 4.80. The molecule has 0 saturated carbocycles. The molecule has 0 radical (unpaired) electrons.